The lowest BCUT2D eigenvalue weighted by atomic mass is 10.1. The summed E-state index contributed by atoms with van der Waals surface area (Å²) in [4.78, 5) is 14.2. The van der Waals surface area contributed by atoms with Gasteiger partial charge in [0, 0.05) is 5.56 Å². The Balaban J connectivity index is 3.54. The molecule has 0 unspecified atom stereocenters. The zero-order chi connectivity index (χ0) is 11.6. The van der Waals surface area contributed by atoms with Crippen molar-refractivity contribution in [3.8, 4) is 6.07 Å². The van der Waals surface area contributed by atoms with E-state index < -0.39 is 29.2 Å². The molecule has 0 spiro atoms. The van der Waals surface area contributed by atoms with Crippen molar-refractivity contribution < 1.29 is 18.7 Å². The number of nitriles is 1. The quantitative estimate of drug-likeness (QED) is 0.668. The Morgan fingerprint density at radius 2 is 2.27 bits per heavy atom. The summed E-state index contributed by atoms with van der Waals surface area (Å²) in [5.74, 6) is -1.49. The van der Waals surface area contributed by atoms with E-state index in [1.165, 1.54) is 6.07 Å². The molecule has 78 valence electrons. The number of rotatable bonds is 2. The van der Waals surface area contributed by atoms with E-state index in [9.17, 15) is 13.6 Å². The first-order chi connectivity index (χ1) is 6.97. The second-order valence-electron chi connectivity index (χ2n) is 2.48. The van der Waals surface area contributed by atoms with Gasteiger partial charge in [-0.2, -0.15) is 5.26 Å². The van der Waals surface area contributed by atoms with Crippen molar-refractivity contribution >= 4 is 28.6 Å². The first kappa shape index (κ1) is 11.8. The van der Waals surface area contributed by atoms with Gasteiger partial charge in [0.25, 0.3) is 6.43 Å². The van der Waals surface area contributed by atoms with E-state index in [2.05, 4.69) is 4.98 Å². The predicted octanol–water partition coefficient (Wildman–Crippen LogP) is 2.19. The van der Waals surface area contributed by atoms with Gasteiger partial charge in [-0.1, -0.05) is 0 Å². The van der Waals surface area contributed by atoms with Crippen LogP contribution in [-0.2, 0) is 0 Å². The SMILES string of the molecule is N#Cc1c(C(F)F)cc(I)nc1C(=O)O. The summed E-state index contributed by atoms with van der Waals surface area (Å²) in [5, 5.41) is 17.3. The van der Waals surface area contributed by atoms with Gasteiger partial charge in [-0.05, 0) is 28.7 Å². The lowest BCUT2D eigenvalue weighted by molar-refractivity contribution is 0.0689. The minimum atomic E-state index is -2.89. The molecule has 0 atom stereocenters. The number of aromatic carboxylic acids is 1. The highest BCUT2D eigenvalue weighted by Crippen LogP contribution is 2.25. The predicted molar refractivity (Wildman–Crippen MR) is 53.6 cm³/mol. The van der Waals surface area contributed by atoms with E-state index in [0.717, 1.165) is 6.07 Å². The standard InChI is InChI=1S/C8H3F2IN2O2/c9-7(10)3-1-5(11)13-6(8(14)15)4(3)2-12/h1,7H,(H,14,15). The van der Waals surface area contributed by atoms with Crippen molar-refractivity contribution in [2.45, 2.75) is 6.43 Å². The normalized spacial score (nSPS) is 10.1. The van der Waals surface area contributed by atoms with Gasteiger partial charge in [-0.25, -0.2) is 18.6 Å². The Kier molecular flexibility index (Phi) is 3.52. The highest BCUT2D eigenvalue weighted by molar-refractivity contribution is 14.1. The first-order valence-corrected chi connectivity index (χ1v) is 4.67. The fraction of sp³-hybridized carbons (Fsp3) is 0.125. The van der Waals surface area contributed by atoms with Crippen molar-refractivity contribution in [2.75, 3.05) is 0 Å². The van der Waals surface area contributed by atoms with Gasteiger partial charge in [-0.15, -0.1) is 0 Å². The fourth-order valence-corrected chi connectivity index (χ4v) is 1.55. The van der Waals surface area contributed by atoms with Gasteiger partial charge in [0.2, 0.25) is 0 Å². The summed E-state index contributed by atoms with van der Waals surface area (Å²) in [5.41, 5.74) is -1.83. The maximum absolute atomic E-state index is 12.5. The zero-order valence-corrected chi connectivity index (χ0v) is 9.20. The lowest BCUT2D eigenvalue weighted by Crippen LogP contribution is -2.08. The third-order valence-electron chi connectivity index (χ3n) is 1.57. The van der Waals surface area contributed by atoms with Crippen LogP contribution >= 0.6 is 22.6 Å². The van der Waals surface area contributed by atoms with Gasteiger partial charge in [0.15, 0.2) is 5.69 Å². The number of pyridine rings is 1. The van der Waals surface area contributed by atoms with E-state index in [1.807, 2.05) is 0 Å². The van der Waals surface area contributed by atoms with Crippen LogP contribution in [-0.4, -0.2) is 16.1 Å². The monoisotopic (exact) mass is 324 g/mol. The van der Waals surface area contributed by atoms with Crippen LogP contribution in [0.5, 0.6) is 0 Å². The van der Waals surface area contributed by atoms with E-state index in [-0.39, 0.29) is 3.70 Å². The molecule has 4 nitrogen and oxygen atoms in total. The van der Waals surface area contributed by atoms with Crippen molar-refractivity contribution in [3.63, 3.8) is 0 Å². The van der Waals surface area contributed by atoms with Crippen molar-refractivity contribution in [3.05, 3.63) is 26.6 Å². The molecule has 0 saturated heterocycles. The Labute approximate surface area is 96.7 Å². The number of carboxylic acids is 1. The summed E-state index contributed by atoms with van der Waals surface area (Å²) in [6, 6.07) is 2.42. The molecule has 1 heterocycles. The molecule has 0 radical (unpaired) electrons. The molecule has 0 aliphatic carbocycles. The highest BCUT2D eigenvalue weighted by atomic mass is 127. The molecule has 1 rings (SSSR count). The van der Waals surface area contributed by atoms with Crippen LogP contribution in [0.25, 0.3) is 0 Å². The van der Waals surface area contributed by atoms with Crippen LogP contribution in [0.1, 0.15) is 28.0 Å². The number of alkyl halides is 2. The van der Waals surface area contributed by atoms with Gasteiger partial charge in [0.05, 0.1) is 5.56 Å². The molecule has 0 fully saturated rings. The molecule has 1 aromatic rings. The van der Waals surface area contributed by atoms with E-state index in [4.69, 9.17) is 10.4 Å². The third-order valence-corrected chi connectivity index (χ3v) is 2.12. The molecule has 1 aromatic heterocycles. The molecule has 15 heavy (non-hydrogen) atoms. The van der Waals surface area contributed by atoms with Crippen LogP contribution in [0, 0.1) is 15.0 Å². The maximum atomic E-state index is 12.5. The average molecular weight is 324 g/mol. The van der Waals surface area contributed by atoms with Crippen molar-refractivity contribution in [2.24, 2.45) is 0 Å². The second-order valence-corrected chi connectivity index (χ2v) is 3.58. The third kappa shape index (κ3) is 2.38. The van der Waals surface area contributed by atoms with Gasteiger partial charge >= 0.3 is 5.97 Å². The lowest BCUT2D eigenvalue weighted by Gasteiger charge is -2.05. The number of aromatic nitrogens is 1. The average Bonchev–Trinajstić information content (AvgIpc) is 2.16. The van der Waals surface area contributed by atoms with E-state index >= 15 is 0 Å². The van der Waals surface area contributed by atoms with Crippen LogP contribution in [0.2, 0.25) is 0 Å². The van der Waals surface area contributed by atoms with Gasteiger partial charge in [-0.3, -0.25) is 0 Å². The largest absolute Gasteiger partial charge is 0.476 e. The van der Waals surface area contributed by atoms with Gasteiger partial charge in [0.1, 0.15) is 9.77 Å². The zero-order valence-electron chi connectivity index (χ0n) is 7.04. The van der Waals surface area contributed by atoms with Crippen LogP contribution < -0.4 is 0 Å². The van der Waals surface area contributed by atoms with Crippen molar-refractivity contribution in [1.82, 2.24) is 4.98 Å². The molecule has 0 saturated carbocycles. The fourth-order valence-electron chi connectivity index (χ4n) is 0.977. The Bertz CT molecular complexity index is 457. The number of nitrogens with zero attached hydrogens (tertiary/aromatic N) is 2. The first-order valence-electron chi connectivity index (χ1n) is 3.59. The Morgan fingerprint density at radius 1 is 1.67 bits per heavy atom. The Hall–Kier alpha value is -1.30. The minimum absolute atomic E-state index is 0.110. The number of halogens is 3. The molecular weight excluding hydrogens is 321 g/mol. The summed E-state index contributed by atoms with van der Waals surface area (Å²) in [7, 11) is 0. The molecule has 0 aliphatic heterocycles. The second kappa shape index (κ2) is 4.48. The summed E-state index contributed by atoms with van der Waals surface area (Å²) < 4.78 is 25.0. The molecule has 0 amide bonds. The number of carbonyl (C=O) groups is 1. The Morgan fingerprint density at radius 3 is 2.67 bits per heavy atom. The van der Waals surface area contributed by atoms with Crippen molar-refractivity contribution in [1.29, 1.82) is 5.26 Å². The smallest absolute Gasteiger partial charge is 0.355 e. The molecule has 0 aromatic carbocycles. The number of hydrogen-bond donors (Lipinski definition) is 1. The van der Waals surface area contributed by atoms with E-state index in [0.29, 0.717) is 0 Å². The summed E-state index contributed by atoms with van der Waals surface area (Å²) in [6.07, 6.45) is -2.89. The molecule has 1 N–H and O–H groups in total. The van der Waals surface area contributed by atoms with Crippen LogP contribution in [0.4, 0.5) is 8.78 Å². The van der Waals surface area contributed by atoms with Crippen LogP contribution in [0.15, 0.2) is 6.07 Å². The molecular formula is C8H3F2IN2O2. The minimum Gasteiger partial charge on any atom is -0.476 e. The molecule has 7 heteroatoms. The topological polar surface area (TPSA) is 74.0 Å². The number of hydrogen-bond acceptors (Lipinski definition) is 3. The summed E-state index contributed by atoms with van der Waals surface area (Å²) >= 11 is 1.61. The summed E-state index contributed by atoms with van der Waals surface area (Å²) in [6.45, 7) is 0. The highest BCUT2D eigenvalue weighted by Gasteiger charge is 2.22. The molecule has 0 bridgehead atoms. The van der Waals surface area contributed by atoms with E-state index in [1.54, 1.807) is 22.6 Å². The molecule has 0 aliphatic rings. The maximum Gasteiger partial charge on any atom is 0.355 e. The van der Waals surface area contributed by atoms with Gasteiger partial charge < -0.3 is 5.11 Å². The van der Waals surface area contributed by atoms with Crippen LogP contribution in [0.3, 0.4) is 0 Å². The number of carboxylic acid groups (broad SMARTS) is 1.